The number of nitrogens with one attached hydrogen (secondary N) is 1. The molecule has 0 fully saturated rings. The van der Waals surface area contributed by atoms with Gasteiger partial charge in [-0.25, -0.2) is 9.37 Å². The van der Waals surface area contributed by atoms with Crippen molar-refractivity contribution in [1.82, 2.24) is 9.97 Å². The highest BCUT2D eigenvalue weighted by Crippen LogP contribution is 2.29. The van der Waals surface area contributed by atoms with Crippen LogP contribution in [0.1, 0.15) is 10.4 Å². The number of amides is 1. The molecule has 0 bridgehead atoms. The van der Waals surface area contributed by atoms with Gasteiger partial charge in [0.25, 0.3) is 5.91 Å². The molecule has 2 heterocycles. The van der Waals surface area contributed by atoms with Gasteiger partial charge in [0.1, 0.15) is 11.3 Å². The number of para-hydroxylation sites is 2. The van der Waals surface area contributed by atoms with E-state index in [4.69, 9.17) is 16.0 Å². The van der Waals surface area contributed by atoms with Gasteiger partial charge in [-0.15, -0.1) is 0 Å². The number of aromatic nitrogens is 2. The van der Waals surface area contributed by atoms with Gasteiger partial charge in [-0.3, -0.25) is 9.78 Å². The molecular formula is C19H11ClFN3O2. The fraction of sp³-hybridized carbons (Fsp3) is 0. The van der Waals surface area contributed by atoms with E-state index >= 15 is 0 Å². The van der Waals surface area contributed by atoms with Crippen LogP contribution >= 0.6 is 11.6 Å². The molecule has 2 aromatic heterocycles. The Bertz CT molecular complexity index is 1090. The Kier molecular flexibility index (Phi) is 4.10. The van der Waals surface area contributed by atoms with Crippen molar-refractivity contribution in [3.8, 4) is 11.5 Å². The molecule has 0 unspecified atom stereocenters. The third-order valence-corrected chi connectivity index (χ3v) is 4.09. The maximum Gasteiger partial charge on any atom is 0.258 e. The maximum atomic E-state index is 14.3. The fourth-order valence-electron chi connectivity index (χ4n) is 2.50. The predicted molar refractivity (Wildman–Crippen MR) is 96.6 cm³/mol. The van der Waals surface area contributed by atoms with Crippen molar-refractivity contribution in [1.29, 1.82) is 0 Å². The van der Waals surface area contributed by atoms with Gasteiger partial charge in [0.05, 0.1) is 16.1 Å². The normalized spacial score (nSPS) is 10.8. The van der Waals surface area contributed by atoms with Gasteiger partial charge < -0.3 is 9.73 Å². The third kappa shape index (κ3) is 3.02. The maximum absolute atomic E-state index is 14.3. The third-order valence-electron chi connectivity index (χ3n) is 3.76. The van der Waals surface area contributed by atoms with Gasteiger partial charge in [0.15, 0.2) is 5.58 Å². The number of pyridine rings is 1. The summed E-state index contributed by atoms with van der Waals surface area (Å²) in [4.78, 5) is 20.5. The molecule has 0 aliphatic rings. The van der Waals surface area contributed by atoms with Gasteiger partial charge in [0, 0.05) is 18.1 Å². The van der Waals surface area contributed by atoms with Gasteiger partial charge in [-0.1, -0.05) is 23.7 Å². The molecule has 0 aliphatic carbocycles. The van der Waals surface area contributed by atoms with Gasteiger partial charge in [-0.2, -0.15) is 0 Å². The zero-order valence-corrected chi connectivity index (χ0v) is 14.0. The molecule has 4 aromatic rings. The standard InChI is InChI=1S/C19H11ClFN3O2/c20-14-7-8-22-10-13(14)18(25)23-11-5-6-15(21)12(9-11)19-24-16-3-1-2-4-17(16)26-19/h1-10H,(H,23,25). The number of fused-ring (bicyclic) bond motifs is 1. The summed E-state index contributed by atoms with van der Waals surface area (Å²) in [5.74, 6) is -0.814. The number of benzene rings is 2. The summed E-state index contributed by atoms with van der Waals surface area (Å²) < 4.78 is 19.9. The van der Waals surface area contributed by atoms with E-state index in [9.17, 15) is 9.18 Å². The Balaban J connectivity index is 1.68. The molecule has 128 valence electrons. The Hall–Kier alpha value is -3.25. The molecule has 7 heteroatoms. The van der Waals surface area contributed by atoms with Crippen LogP contribution in [0.3, 0.4) is 0 Å². The van der Waals surface area contributed by atoms with E-state index in [0.29, 0.717) is 16.8 Å². The zero-order valence-electron chi connectivity index (χ0n) is 13.2. The first-order chi connectivity index (χ1) is 12.6. The molecule has 0 spiro atoms. The van der Waals surface area contributed by atoms with Crippen LogP contribution in [0, 0.1) is 5.82 Å². The van der Waals surface area contributed by atoms with E-state index in [2.05, 4.69) is 15.3 Å². The SMILES string of the molecule is O=C(Nc1ccc(F)c(-c2nc3ccccc3o2)c1)c1cnccc1Cl. The highest BCUT2D eigenvalue weighted by atomic mass is 35.5. The molecule has 0 aliphatic heterocycles. The Morgan fingerprint density at radius 1 is 1.15 bits per heavy atom. The topological polar surface area (TPSA) is 68.0 Å². The lowest BCUT2D eigenvalue weighted by atomic mass is 10.1. The van der Waals surface area contributed by atoms with Crippen molar-refractivity contribution in [2.45, 2.75) is 0 Å². The van der Waals surface area contributed by atoms with Gasteiger partial charge >= 0.3 is 0 Å². The number of carbonyl (C=O) groups excluding carboxylic acids is 1. The minimum absolute atomic E-state index is 0.138. The van der Waals surface area contributed by atoms with Crippen molar-refractivity contribution in [2.75, 3.05) is 5.32 Å². The molecule has 0 radical (unpaired) electrons. The predicted octanol–water partition coefficient (Wildman–Crippen LogP) is 4.93. The van der Waals surface area contributed by atoms with Crippen LogP contribution in [-0.2, 0) is 0 Å². The number of hydrogen-bond donors (Lipinski definition) is 1. The van der Waals surface area contributed by atoms with Crippen LogP contribution in [0.2, 0.25) is 5.02 Å². The van der Waals surface area contributed by atoms with E-state index in [-0.39, 0.29) is 22.0 Å². The minimum atomic E-state index is -0.506. The van der Waals surface area contributed by atoms with Crippen molar-refractivity contribution >= 4 is 34.3 Å². The largest absolute Gasteiger partial charge is 0.436 e. The Labute approximate surface area is 152 Å². The average Bonchev–Trinajstić information content (AvgIpc) is 3.07. The summed E-state index contributed by atoms with van der Waals surface area (Å²) in [5.41, 5.74) is 1.93. The fourth-order valence-corrected chi connectivity index (χ4v) is 2.69. The van der Waals surface area contributed by atoms with Gasteiger partial charge in [0.2, 0.25) is 5.89 Å². The molecule has 0 atom stereocenters. The summed E-state index contributed by atoms with van der Waals surface area (Å²) in [6.45, 7) is 0. The summed E-state index contributed by atoms with van der Waals surface area (Å²) in [6, 6.07) is 12.8. The minimum Gasteiger partial charge on any atom is -0.436 e. The van der Waals surface area contributed by atoms with Crippen LogP contribution in [0.15, 0.2) is 65.3 Å². The molecule has 5 nitrogen and oxygen atoms in total. The smallest absolute Gasteiger partial charge is 0.258 e. The summed E-state index contributed by atoms with van der Waals surface area (Å²) in [7, 11) is 0. The van der Waals surface area contributed by atoms with Crippen LogP contribution < -0.4 is 5.32 Å². The van der Waals surface area contributed by atoms with Crippen molar-refractivity contribution in [2.24, 2.45) is 0 Å². The molecule has 0 saturated heterocycles. The monoisotopic (exact) mass is 367 g/mol. The summed E-state index contributed by atoms with van der Waals surface area (Å²) in [5, 5.41) is 2.95. The second-order valence-electron chi connectivity index (χ2n) is 5.49. The second kappa shape index (κ2) is 6.57. The number of nitrogens with zero attached hydrogens (tertiary/aromatic N) is 2. The van der Waals surface area contributed by atoms with E-state index in [1.54, 1.807) is 12.1 Å². The lowest BCUT2D eigenvalue weighted by molar-refractivity contribution is 0.102. The number of rotatable bonds is 3. The molecule has 1 amide bonds. The molecular weight excluding hydrogens is 357 g/mol. The number of anilines is 1. The Morgan fingerprint density at radius 3 is 2.81 bits per heavy atom. The number of halogens is 2. The number of oxazole rings is 1. The van der Waals surface area contributed by atoms with Gasteiger partial charge in [-0.05, 0) is 36.4 Å². The van der Waals surface area contributed by atoms with Crippen molar-refractivity contribution < 1.29 is 13.6 Å². The molecule has 26 heavy (non-hydrogen) atoms. The first kappa shape index (κ1) is 16.2. The summed E-state index contributed by atoms with van der Waals surface area (Å²) in [6.07, 6.45) is 2.85. The zero-order chi connectivity index (χ0) is 18.1. The highest BCUT2D eigenvalue weighted by Gasteiger charge is 2.15. The van der Waals surface area contributed by atoms with Crippen molar-refractivity contribution in [3.63, 3.8) is 0 Å². The molecule has 1 N–H and O–H groups in total. The Morgan fingerprint density at radius 2 is 2.00 bits per heavy atom. The first-order valence-corrected chi connectivity index (χ1v) is 8.06. The lowest BCUT2D eigenvalue weighted by Gasteiger charge is -2.08. The van der Waals surface area contributed by atoms with E-state index in [1.165, 1.54) is 36.7 Å². The van der Waals surface area contributed by atoms with Crippen LogP contribution in [0.5, 0.6) is 0 Å². The quantitative estimate of drug-likeness (QED) is 0.557. The van der Waals surface area contributed by atoms with Crippen LogP contribution in [-0.4, -0.2) is 15.9 Å². The lowest BCUT2D eigenvalue weighted by Crippen LogP contribution is -2.13. The summed E-state index contributed by atoms with van der Waals surface area (Å²) >= 11 is 6.00. The molecule has 2 aromatic carbocycles. The number of carbonyl (C=O) groups is 1. The molecule has 4 rings (SSSR count). The highest BCUT2D eigenvalue weighted by molar-refractivity contribution is 6.34. The first-order valence-electron chi connectivity index (χ1n) is 7.68. The van der Waals surface area contributed by atoms with E-state index in [0.717, 1.165) is 0 Å². The average molecular weight is 368 g/mol. The van der Waals surface area contributed by atoms with Crippen molar-refractivity contribution in [3.05, 3.63) is 77.3 Å². The number of hydrogen-bond acceptors (Lipinski definition) is 4. The van der Waals surface area contributed by atoms with Crippen LogP contribution in [0.25, 0.3) is 22.6 Å². The molecule has 0 saturated carbocycles. The van der Waals surface area contributed by atoms with E-state index < -0.39 is 11.7 Å². The van der Waals surface area contributed by atoms with Crippen LogP contribution in [0.4, 0.5) is 10.1 Å². The second-order valence-corrected chi connectivity index (χ2v) is 5.90. The van der Waals surface area contributed by atoms with E-state index in [1.807, 2.05) is 12.1 Å².